The molecular formula is C44H44N4. The third kappa shape index (κ3) is 4.52. The Labute approximate surface area is 283 Å². The molecule has 4 heteroatoms. The van der Waals surface area contributed by atoms with Crippen molar-refractivity contribution < 1.29 is 0 Å². The molecule has 0 aliphatic rings. The van der Waals surface area contributed by atoms with Crippen LogP contribution in [-0.4, -0.2) is 19.5 Å². The van der Waals surface area contributed by atoms with Crippen molar-refractivity contribution in [2.24, 2.45) is 0 Å². The first kappa shape index (κ1) is 30.5. The molecule has 6 aromatic carbocycles. The van der Waals surface area contributed by atoms with E-state index in [0.717, 1.165) is 23.0 Å². The summed E-state index contributed by atoms with van der Waals surface area (Å²) in [6.07, 6.45) is 0. The van der Waals surface area contributed by atoms with E-state index in [9.17, 15) is 0 Å². The number of nitrogens with zero attached hydrogens (tertiary/aromatic N) is 4. The van der Waals surface area contributed by atoms with Crippen molar-refractivity contribution in [1.82, 2.24) is 19.5 Å². The molecule has 0 atom stereocenters. The van der Waals surface area contributed by atoms with E-state index in [2.05, 4.69) is 159 Å². The van der Waals surface area contributed by atoms with Crippen LogP contribution in [0.2, 0.25) is 0 Å². The zero-order valence-electron chi connectivity index (χ0n) is 29.9. The van der Waals surface area contributed by atoms with Gasteiger partial charge in [0, 0.05) is 43.6 Å². The highest BCUT2D eigenvalue weighted by atomic mass is 15.1. The van der Waals surface area contributed by atoms with Crippen LogP contribution in [0.15, 0.2) is 84.9 Å². The second-order valence-electron chi connectivity index (χ2n) is 16.7. The molecule has 0 spiro atoms. The normalized spacial score (nSPS) is 13.2. The number of benzene rings is 6. The summed E-state index contributed by atoms with van der Waals surface area (Å²) in [4.78, 5) is 15.3. The van der Waals surface area contributed by atoms with Gasteiger partial charge in [-0.3, -0.25) is 0 Å². The maximum Gasteiger partial charge on any atom is 0.164 e. The molecule has 0 amide bonds. The largest absolute Gasteiger partial charge is 0.308 e. The second kappa shape index (κ2) is 10.1. The Balaban J connectivity index is 1.60. The lowest BCUT2D eigenvalue weighted by atomic mass is 9.85. The van der Waals surface area contributed by atoms with E-state index in [1.165, 1.54) is 70.9 Å². The summed E-state index contributed by atoms with van der Waals surface area (Å²) >= 11 is 0. The van der Waals surface area contributed by atoms with Gasteiger partial charge < -0.3 is 4.57 Å². The molecule has 8 rings (SSSR count). The van der Waals surface area contributed by atoms with Crippen molar-refractivity contribution >= 4 is 54.1 Å². The Morgan fingerprint density at radius 2 is 1.17 bits per heavy atom. The summed E-state index contributed by atoms with van der Waals surface area (Å²) in [5.74, 6) is 2.38. The third-order valence-electron chi connectivity index (χ3n) is 9.93. The van der Waals surface area contributed by atoms with Gasteiger partial charge >= 0.3 is 0 Å². The summed E-state index contributed by atoms with van der Waals surface area (Å²) in [6, 6.07) is 31.7. The fraction of sp³-hybridized carbons (Fsp3) is 0.295. The van der Waals surface area contributed by atoms with Crippen LogP contribution in [0, 0.1) is 6.92 Å². The number of aryl methyl sites for hydroxylation is 1. The van der Waals surface area contributed by atoms with E-state index in [0.29, 0.717) is 0 Å². The number of para-hydroxylation sites is 1. The van der Waals surface area contributed by atoms with Crippen LogP contribution in [0.4, 0.5) is 0 Å². The quantitative estimate of drug-likeness (QED) is 0.179. The molecule has 0 fully saturated rings. The highest BCUT2D eigenvalue weighted by Crippen LogP contribution is 2.48. The molecule has 0 radical (unpaired) electrons. The zero-order valence-corrected chi connectivity index (χ0v) is 29.9. The van der Waals surface area contributed by atoms with Crippen LogP contribution >= 0.6 is 0 Å². The van der Waals surface area contributed by atoms with E-state index in [-0.39, 0.29) is 16.2 Å². The van der Waals surface area contributed by atoms with Crippen LogP contribution in [-0.2, 0) is 16.2 Å². The van der Waals surface area contributed by atoms with Gasteiger partial charge in [0.25, 0.3) is 0 Å². The van der Waals surface area contributed by atoms with E-state index in [1.54, 1.807) is 0 Å². The van der Waals surface area contributed by atoms with Gasteiger partial charge in [0.15, 0.2) is 5.82 Å². The maximum atomic E-state index is 5.18. The highest BCUT2D eigenvalue weighted by Gasteiger charge is 2.28. The molecule has 0 aliphatic carbocycles. The fourth-order valence-electron chi connectivity index (χ4n) is 7.36. The zero-order chi connectivity index (χ0) is 33.9. The van der Waals surface area contributed by atoms with Crippen molar-refractivity contribution in [3.05, 3.63) is 108 Å². The van der Waals surface area contributed by atoms with Gasteiger partial charge in [0.05, 0.1) is 11.0 Å². The first-order valence-electron chi connectivity index (χ1n) is 17.1. The Hall–Kier alpha value is -4.83. The highest BCUT2D eigenvalue weighted by molar-refractivity contribution is 6.39. The van der Waals surface area contributed by atoms with Gasteiger partial charge in [0.1, 0.15) is 11.6 Å². The predicted octanol–water partition coefficient (Wildman–Crippen LogP) is 11.7. The van der Waals surface area contributed by atoms with Crippen molar-refractivity contribution in [1.29, 1.82) is 0 Å². The smallest absolute Gasteiger partial charge is 0.164 e. The molecule has 48 heavy (non-hydrogen) atoms. The number of rotatable bonds is 2. The molecule has 0 N–H and O–H groups in total. The molecule has 0 bridgehead atoms. The Morgan fingerprint density at radius 3 is 1.83 bits per heavy atom. The molecule has 0 saturated heterocycles. The SMILES string of the molecule is Cc1ccccc1-n1c2ccc(C(C)(C)C)cc2c2c3cccc4cc(-c5nc(C(C)(C)C)nc(C(C)(C)C)n5)c5cccc(c5c43)c21. The molecule has 0 unspecified atom stereocenters. The average molecular weight is 629 g/mol. The summed E-state index contributed by atoms with van der Waals surface area (Å²) in [5, 5.41) is 10.0. The van der Waals surface area contributed by atoms with Crippen molar-refractivity contribution in [3.63, 3.8) is 0 Å². The minimum Gasteiger partial charge on any atom is -0.308 e. The Kier molecular flexibility index (Phi) is 6.41. The van der Waals surface area contributed by atoms with E-state index in [4.69, 9.17) is 15.0 Å². The van der Waals surface area contributed by atoms with Crippen molar-refractivity contribution in [2.75, 3.05) is 0 Å². The molecular weight excluding hydrogens is 585 g/mol. The van der Waals surface area contributed by atoms with Crippen LogP contribution in [0.3, 0.4) is 0 Å². The second-order valence-corrected chi connectivity index (χ2v) is 16.7. The number of fused-ring (bicyclic) bond motifs is 5. The van der Waals surface area contributed by atoms with Crippen LogP contribution in [0.1, 0.15) is 85.1 Å². The van der Waals surface area contributed by atoms with E-state index < -0.39 is 0 Å². The standard InChI is InChI=1S/C44H44N4/c1-25-15-11-12-20-33(25)48-34-22-21-27(42(2,3)4)24-32(34)37-29-18-13-16-26-23-31(28-17-14-19-30(38(37)48)36(28)35(26)29)39-45-40(43(5,6)7)47-41(46-39)44(8,9)10/h11-24H,1-10H3. The lowest BCUT2D eigenvalue weighted by molar-refractivity contribution is 0.497. The molecule has 2 heterocycles. The van der Waals surface area contributed by atoms with E-state index >= 15 is 0 Å². The predicted molar refractivity (Wildman–Crippen MR) is 204 cm³/mol. The number of hydrogen-bond acceptors (Lipinski definition) is 3. The third-order valence-corrected chi connectivity index (χ3v) is 9.93. The van der Waals surface area contributed by atoms with Gasteiger partial charge in [-0.2, -0.15) is 0 Å². The number of hydrogen-bond donors (Lipinski definition) is 0. The van der Waals surface area contributed by atoms with Crippen LogP contribution < -0.4 is 0 Å². The lowest BCUT2D eigenvalue weighted by Gasteiger charge is -2.23. The van der Waals surface area contributed by atoms with Gasteiger partial charge in [-0.05, 0) is 69.3 Å². The summed E-state index contributed by atoms with van der Waals surface area (Å²) in [6.45, 7) is 22.2. The van der Waals surface area contributed by atoms with E-state index in [1.807, 2.05) is 0 Å². The van der Waals surface area contributed by atoms with Gasteiger partial charge in [-0.25, -0.2) is 15.0 Å². The van der Waals surface area contributed by atoms with Crippen LogP contribution in [0.5, 0.6) is 0 Å². The fourth-order valence-corrected chi connectivity index (χ4v) is 7.36. The minimum atomic E-state index is -0.219. The van der Waals surface area contributed by atoms with Crippen LogP contribution in [0.25, 0.3) is 71.2 Å². The molecule has 4 nitrogen and oxygen atoms in total. The molecule has 0 saturated carbocycles. The first-order chi connectivity index (χ1) is 22.6. The van der Waals surface area contributed by atoms with Gasteiger partial charge in [-0.1, -0.05) is 123 Å². The van der Waals surface area contributed by atoms with Crippen molar-refractivity contribution in [3.8, 4) is 17.1 Å². The Morgan fingerprint density at radius 1 is 0.521 bits per heavy atom. The first-order valence-corrected chi connectivity index (χ1v) is 17.1. The molecule has 8 aromatic rings. The summed E-state index contributed by atoms with van der Waals surface area (Å²) < 4.78 is 2.51. The average Bonchev–Trinajstić information content (AvgIpc) is 3.37. The van der Waals surface area contributed by atoms with Crippen molar-refractivity contribution in [2.45, 2.75) is 85.5 Å². The molecule has 240 valence electrons. The summed E-state index contributed by atoms with van der Waals surface area (Å²) in [7, 11) is 0. The monoisotopic (exact) mass is 628 g/mol. The lowest BCUT2D eigenvalue weighted by Crippen LogP contribution is -2.24. The van der Waals surface area contributed by atoms with Gasteiger partial charge in [-0.15, -0.1) is 0 Å². The summed E-state index contributed by atoms with van der Waals surface area (Å²) in [5.41, 5.74) is 6.90. The molecule has 0 aliphatic heterocycles. The topological polar surface area (TPSA) is 43.6 Å². The Bertz CT molecular complexity index is 2530. The maximum absolute atomic E-state index is 5.18. The van der Waals surface area contributed by atoms with Gasteiger partial charge in [0.2, 0.25) is 0 Å². The number of aromatic nitrogens is 4. The minimum absolute atomic E-state index is 0.0295. The molecule has 2 aromatic heterocycles.